The van der Waals surface area contributed by atoms with Crippen LogP contribution in [0.4, 0.5) is 0 Å². The normalized spacial score (nSPS) is 10.6. The summed E-state index contributed by atoms with van der Waals surface area (Å²) in [6.45, 7) is 4.46. The first kappa shape index (κ1) is 12.9. The van der Waals surface area contributed by atoms with Crippen LogP contribution in [0.5, 0.6) is 0 Å². The molecule has 4 nitrogen and oxygen atoms in total. The Kier molecular flexibility index (Phi) is 5.82. The van der Waals surface area contributed by atoms with Crippen molar-refractivity contribution in [3.05, 3.63) is 34.2 Å². The van der Waals surface area contributed by atoms with Crippen molar-refractivity contribution in [3.8, 4) is 0 Å². The van der Waals surface area contributed by atoms with E-state index in [0.29, 0.717) is 26.4 Å². The molecule has 0 amide bonds. The number of rotatable bonds is 7. The van der Waals surface area contributed by atoms with Crippen LogP contribution in [0.2, 0.25) is 0 Å². The van der Waals surface area contributed by atoms with E-state index in [2.05, 4.69) is 0 Å². The number of aryl methyl sites for hydroxylation is 1. The van der Waals surface area contributed by atoms with E-state index in [-0.39, 0.29) is 5.56 Å². The van der Waals surface area contributed by atoms with E-state index in [9.17, 15) is 4.79 Å². The quantitative estimate of drug-likeness (QED) is 0.655. The third-order valence-corrected chi connectivity index (χ3v) is 2.27. The highest BCUT2D eigenvalue weighted by atomic mass is 16.5. The summed E-state index contributed by atoms with van der Waals surface area (Å²) in [5.74, 6) is 0. The molecule has 0 aliphatic carbocycles. The maximum Gasteiger partial charge on any atom is 0.250 e. The highest BCUT2D eigenvalue weighted by Gasteiger charge is 1.95. The standard InChI is InChI=1S/C12H19NO3/c1-11-4-5-13(12(14)10-11)6-9-16-8-3-7-15-2/h4-5,10H,3,6-9H2,1-2H3. The molecule has 0 saturated heterocycles. The molecule has 0 fully saturated rings. The summed E-state index contributed by atoms with van der Waals surface area (Å²) >= 11 is 0. The van der Waals surface area contributed by atoms with Crippen LogP contribution in [0.25, 0.3) is 0 Å². The molecule has 0 spiro atoms. The Morgan fingerprint density at radius 3 is 2.81 bits per heavy atom. The molecule has 0 aromatic carbocycles. The van der Waals surface area contributed by atoms with Crippen LogP contribution in [0, 0.1) is 6.92 Å². The summed E-state index contributed by atoms with van der Waals surface area (Å²) in [5, 5.41) is 0. The predicted molar refractivity (Wildman–Crippen MR) is 62.8 cm³/mol. The average molecular weight is 225 g/mol. The third-order valence-electron chi connectivity index (χ3n) is 2.27. The average Bonchev–Trinajstić information content (AvgIpc) is 2.26. The summed E-state index contributed by atoms with van der Waals surface area (Å²) < 4.78 is 11.9. The summed E-state index contributed by atoms with van der Waals surface area (Å²) in [6.07, 6.45) is 2.69. The van der Waals surface area contributed by atoms with Gasteiger partial charge >= 0.3 is 0 Å². The van der Waals surface area contributed by atoms with Gasteiger partial charge in [-0.05, 0) is 25.0 Å². The molecule has 1 rings (SSSR count). The van der Waals surface area contributed by atoms with Crippen LogP contribution in [0.1, 0.15) is 12.0 Å². The van der Waals surface area contributed by atoms with Crippen LogP contribution < -0.4 is 5.56 Å². The van der Waals surface area contributed by atoms with Crippen LogP contribution in [-0.4, -0.2) is 31.5 Å². The van der Waals surface area contributed by atoms with Crippen molar-refractivity contribution in [1.29, 1.82) is 0 Å². The third kappa shape index (κ3) is 4.59. The van der Waals surface area contributed by atoms with E-state index in [1.54, 1.807) is 23.9 Å². The molecule has 4 heteroatoms. The molecule has 0 unspecified atom stereocenters. The Hall–Kier alpha value is -1.13. The molecule has 1 heterocycles. The van der Waals surface area contributed by atoms with Crippen LogP contribution in [-0.2, 0) is 16.0 Å². The predicted octanol–water partition coefficient (Wildman–Crippen LogP) is 1.21. The zero-order chi connectivity index (χ0) is 11.8. The smallest absolute Gasteiger partial charge is 0.250 e. The first-order valence-electron chi connectivity index (χ1n) is 5.48. The molecular formula is C12H19NO3. The molecule has 1 aromatic rings. The Balaban J connectivity index is 2.24. The van der Waals surface area contributed by atoms with Gasteiger partial charge in [-0.25, -0.2) is 0 Å². The van der Waals surface area contributed by atoms with Gasteiger partial charge < -0.3 is 14.0 Å². The van der Waals surface area contributed by atoms with Crippen molar-refractivity contribution in [2.75, 3.05) is 26.9 Å². The largest absolute Gasteiger partial charge is 0.385 e. The Bertz CT molecular complexity index is 360. The van der Waals surface area contributed by atoms with Crippen LogP contribution >= 0.6 is 0 Å². The van der Waals surface area contributed by atoms with Crippen LogP contribution in [0.3, 0.4) is 0 Å². The molecule has 0 aliphatic heterocycles. The van der Waals surface area contributed by atoms with E-state index >= 15 is 0 Å². The first-order valence-corrected chi connectivity index (χ1v) is 5.48. The molecule has 0 atom stereocenters. The van der Waals surface area contributed by atoms with Gasteiger partial charge in [-0.1, -0.05) is 0 Å². The monoisotopic (exact) mass is 225 g/mol. The summed E-state index contributed by atoms with van der Waals surface area (Å²) in [6, 6.07) is 3.55. The van der Waals surface area contributed by atoms with Gasteiger partial charge in [0.25, 0.3) is 5.56 Å². The molecule has 16 heavy (non-hydrogen) atoms. The van der Waals surface area contributed by atoms with E-state index in [1.807, 2.05) is 13.0 Å². The molecule has 0 saturated carbocycles. The maximum atomic E-state index is 11.5. The fourth-order valence-corrected chi connectivity index (χ4v) is 1.36. The Labute approximate surface area is 95.8 Å². The van der Waals surface area contributed by atoms with Crippen molar-refractivity contribution in [3.63, 3.8) is 0 Å². The topological polar surface area (TPSA) is 40.5 Å². The number of pyridine rings is 1. The second-order valence-corrected chi connectivity index (χ2v) is 3.69. The van der Waals surface area contributed by atoms with Crippen molar-refractivity contribution < 1.29 is 9.47 Å². The van der Waals surface area contributed by atoms with E-state index in [1.165, 1.54) is 0 Å². The number of ether oxygens (including phenoxy) is 2. The van der Waals surface area contributed by atoms with Gasteiger partial charge in [-0.2, -0.15) is 0 Å². The number of methoxy groups -OCH3 is 1. The molecule has 0 bridgehead atoms. The molecule has 0 aliphatic rings. The minimum absolute atomic E-state index is 0.0282. The lowest BCUT2D eigenvalue weighted by molar-refractivity contribution is 0.0972. The van der Waals surface area contributed by atoms with Gasteiger partial charge in [0, 0.05) is 39.1 Å². The van der Waals surface area contributed by atoms with Crippen molar-refractivity contribution in [1.82, 2.24) is 4.57 Å². The molecular weight excluding hydrogens is 206 g/mol. The number of nitrogens with zero attached hydrogens (tertiary/aromatic N) is 1. The zero-order valence-corrected chi connectivity index (χ0v) is 9.94. The summed E-state index contributed by atoms with van der Waals surface area (Å²) in [4.78, 5) is 11.5. The molecule has 90 valence electrons. The zero-order valence-electron chi connectivity index (χ0n) is 9.94. The lowest BCUT2D eigenvalue weighted by Crippen LogP contribution is -2.21. The number of aromatic nitrogens is 1. The highest BCUT2D eigenvalue weighted by Crippen LogP contribution is 1.91. The SMILES string of the molecule is COCCCOCCn1ccc(C)cc1=O. The van der Waals surface area contributed by atoms with E-state index in [4.69, 9.17) is 9.47 Å². The summed E-state index contributed by atoms with van der Waals surface area (Å²) in [5.41, 5.74) is 1.02. The maximum absolute atomic E-state index is 11.5. The van der Waals surface area contributed by atoms with Gasteiger partial charge in [0.2, 0.25) is 0 Å². The van der Waals surface area contributed by atoms with E-state index in [0.717, 1.165) is 12.0 Å². The Morgan fingerprint density at radius 1 is 1.31 bits per heavy atom. The van der Waals surface area contributed by atoms with Gasteiger partial charge in [-0.15, -0.1) is 0 Å². The van der Waals surface area contributed by atoms with Gasteiger partial charge in [0.1, 0.15) is 0 Å². The van der Waals surface area contributed by atoms with Crippen molar-refractivity contribution in [2.45, 2.75) is 19.9 Å². The Morgan fingerprint density at radius 2 is 2.12 bits per heavy atom. The van der Waals surface area contributed by atoms with Crippen molar-refractivity contribution in [2.24, 2.45) is 0 Å². The number of hydrogen-bond acceptors (Lipinski definition) is 3. The fourth-order valence-electron chi connectivity index (χ4n) is 1.36. The molecule has 0 radical (unpaired) electrons. The summed E-state index contributed by atoms with van der Waals surface area (Å²) in [7, 11) is 1.67. The van der Waals surface area contributed by atoms with E-state index < -0.39 is 0 Å². The minimum Gasteiger partial charge on any atom is -0.385 e. The van der Waals surface area contributed by atoms with Crippen LogP contribution in [0.15, 0.2) is 23.1 Å². The lowest BCUT2D eigenvalue weighted by atomic mass is 10.3. The van der Waals surface area contributed by atoms with Gasteiger partial charge in [0.05, 0.1) is 6.61 Å². The minimum atomic E-state index is 0.0282. The van der Waals surface area contributed by atoms with Gasteiger partial charge in [0.15, 0.2) is 0 Å². The van der Waals surface area contributed by atoms with Crippen molar-refractivity contribution >= 4 is 0 Å². The lowest BCUT2D eigenvalue weighted by Gasteiger charge is -2.06. The fraction of sp³-hybridized carbons (Fsp3) is 0.583. The number of hydrogen-bond donors (Lipinski definition) is 0. The molecule has 0 N–H and O–H groups in total. The first-order chi connectivity index (χ1) is 7.74. The second-order valence-electron chi connectivity index (χ2n) is 3.69. The van der Waals surface area contributed by atoms with Gasteiger partial charge in [-0.3, -0.25) is 4.79 Å². The second kappa shape index (κ2) is 7.19. The highest BCUT2D eigenvalue weighted by molar-refractivity contribution is 5.07. The molecule has 1 aromatic heterocycles.